The van der Waals surface area contributed by atoms with E-state index in [0.717, 1.165) is 42.9 Å². The van der Waals surface area contributed by atoms with Crippen molar-refractivity contribution in [3.05, 3.63) is 29.1 Å². The molecule has 0 bridgehead atoms. The molecule has 3 rings (SSSR count). The number of carbonyl (C=O) groups excluding carboxylic acids is 2. The summed E-state index contributed by atoms with van der Waals surface area (Å²) in [6, 6.07) is 4.96. The molecule has 2 heterocycles. The number of rotatable bonds is 4. The van der Waals surface area contributed by atoms with Crippen LogP contribution < -0.4 is 10.6 Å². The number of oxazole rings is 1. The number of nitrogens with zero attached hydrogens (tertiary/aromatic N) is 2. The van der Waals surface area contributed by atoms with E-state index in [-0.39, 0.29) is 18.4 Å². The molecule has 0 aliphatic carbocycles. The van der Waals surface area contributed by atoms with E-state index in [9.17, 15) is 9.59 Å². The zero-order valence-electron chi connectivity index (χ0n) is 14.0. The number of amides is 3. The molecule has 134 valence electrons. The zero-order valence-corrected chi connectivity index (χ0v) is 14.8. The minimum absolute atomic E-state index is 0.215. The van der Waals surface area contributed by atoms with Gasteiger partial charge in [-0.1, -0.05) is 11.6 Å². The first-order valence-corrected chi connectivity index (χ1v) is 8.79. The zero-order chi connectivity index (χ0) is 17.8. The number of urea groups is 1. The van der Waals surface area contributed by atoms with Gasteiger partial charge in [0.2, 0.25) is 5.91 Å². The van der Waals surface area contributed by atoms with E-state index >= 15 is 0 Å². The number of halogens is 1. The fourth-order valence-electron chi connectivity index (χ4n) is 3.01. The van der Waals surface area contributed by atoms with Crippen LogP contribution in [-0.2, 0) is 4.79 Å². The van der Waals surface area contributed by atoms with Gasteiger partial charge in [0.05, 0.1) is 6.54 Å². The number of nitrogens with one attached hydrogen (secondary N) is 2. The molecule has 0 radical (unpaired) electrons. The van der Waals surface area contributed by atoms with Crippen molar-refractivity contribution in [2.24, 2.45) is 0 Å². The predicted molar refractivity (Wildman–Crippen MR) is 94.6 cm³/mol. The maximum Gasteiger partial charge on any atom is 0.321 e. The summed E-state index contributed by atoms with van der Waals surface area (Å²) in [6.07, 6.45) is 1.71. The van der Waals surface area contributed by atoms with Crippen LogP contribution in [0.25, 0.3) is 11.1 Å². The molecule has 0 saturated carbocycles. The monoisotopic (exact) mass is 364 g/mol. The first-order chi connectivity index (χ1) is 12.0. The maximum atomic E-state index is 11.8. The van der Waals surface area contributed by atoms with Crippen molar-refractivity contribution in [1.82, 2.24) is 20.5 Å². The Balaban J connectivity index is 1.52. The van der Waals surface area contributed by atoms with Crippen LogP contribution in [0, 0.1) is 0 Å². The highest BCUT2D eigenvalue weighted by Crippen LogP contribution is 2.30. The molecule has 1 aliphatic heterocycles. The number of carbonyl (C=O) groups is 2. The summed E-state index contributed by atoms with van der Waals surface area (Å²) in [5.74, 6) is 0.665. The van der Waals surface area contributed by atoms with Gasteiger partial charge in [0.25, 0.3) is 0 Å². The van der Waals surface area contributed by atoms with E-state index in [2.05, 4.69) is 15.6 Å². The molecule has 1 aromatic heterocycles. The fraction of sp³-hybridized carbons (Fsp3) is 0.471. The molecular formula is C17H21ClN4O3. The first-order valence-electron chi connectivity index (χ1n) is 8.41. The predicted octanol–water partition coefficient (Wildman–Crippen LogP) is 2.51. The highest BCUT2D eigenvalue weighted by molar-refractivity contribution is 6.31. The summed E-state index contributed by atoms with van der Waals surface area (Å²) >= 11 is 5.98. The summed E-state index contributed by atoms with van der Waals surface area (Å²) in [5.41, 5.74) is 1.51. The lowest BCUT2D eigenvalue weighted by molar-refractivity contribution is -0.121. The number of imide groups is 1. The number of piperidine rings is 1. The Morgan fingerprint density at radius 1 is 1.36 bits per heavy atom. The minimum atomic E-state index is -0.451. The molecule has 7 nitrogen and oxygen atoms in total. The molecule has 25 heavy (non-hydrogen) atoms. The molecule has 0 spiro atoms. The van der Waals surface area contributed by atoms with Crippen LogP contribution in [0.5, 0.6) is 0 Å². The van der Waals surface area contributed by atoms with Gasteiger partial charge in [0.15, 0.2) is 11.5 Å². The van der Waals surface area contributed by atoms with Gasteiger partial charge in [-0.3, -0.25) is 15.0 Å². The van der Waals surface area contributed by atoms with Crippen LogP contribution in [-0.4, -0.2) is 48.0 Å². The summed E-state index contributed by atoms with van der Waals surface area (Å²) < 4.78 is 5.84. The van der Waals surface area contributed by atoms with Gasteiger partial charge in [0, 0.05) is 17.5 Å². The van der Waals surface area contributed by atoms with Crippen molar-refractivity contribution in [3.63, 3.8) is 0 Å². The molecule has 0 atom stereocenters. The smallest absolute Gasteiger partial charge is 0.321 e. The number of hydrogen-bond donors (Lipinski definition) is 2. The summed E-state index contributed by atoms with van der Waals surface area (Å²) in [4.78, 5) is 29.8. The Kier molecular flexibility index (Phi) is 5.55. The number of hydrogen-bond acceptors (Lipinski definition) is 5. The molecular weight excluding hydrogens is 344 g/mol. The Hall–Kier alpha value is -2.12. The van der Waals surface area contributed by atoms with E-state index in [1.165, 1.54) is 0 Å². The van der Waals surface area contributed by atoms with Gasteiger partial charge in [-0.2, -0.15) is 0 Å². The van der Waals surface area contributed by atoms with E-state index in [1.54, 1.807) is 19.1 Å². The second kappa shape index (κ2) is 7.84. The molecule has 1 aliphatic rings. The third kappa shape index (κ3) is 4.49. The number of likely N-dealkylation sites (tertiary alicyclic amines) is 1. The van der Waals surface area contributed by atoms with Gasteiger partial charge >= 0.3 is 6.03 Å². The Labute approximate surface area is 150 Å². The van der Waals surface area contributed by atoms with Gasteiger partial charge in [0.1, 0.15) is 5.52 Å². The van der Waals surface area contributed by atoms with Gasteiger partial charge in [-0.05, 0) is 51.1 Å². The lowest BCUT2D eigenvalue weighted by Gasteiger charge is -2.29. The van der Waals surface area contributed by atoms with Crippen LogP contribution in [0.2, 0.25) is 5.02 Å². The second-order valence-electron chi connectivity index (χ2n) is 6.12. The van der Waals surface area contributed by atoms with E-state index in [4.69, 9.17) is 16.0 Å². The van der Waals surface area contributed by atoms with E-state index < -0.39 is 6.03 Å². The van der Waals surface area contributed by atoms with E-state index in [0.29, 0.717) is 11.6 Å². The quantitative estimate of drug-likeness (QED) is 0.870. The van der Waals surface area contributed by atoms with Gasteiger partial charge in [-0.25, -0.2) is 9.78 Å². The average Bonchev–Trinajstić information content (AvgIpc) is 2.98. The Morgan fingerprint density at radius 2 is 2.12 bits per heavy atom. The summed E-state index contributed by atoms with van der Waals surface area (Å²) in [7, 11) is 0. The van der Waals surface area contributed by atoms with Crippen molar-refractivity contribution >= 4 is 34.6 Å². The lowest BCUT2D eigenvalue weighted by Crippen LogP contribution is -2.46. The largest absolute Gasteiger partial charge is 0.440 e. The Bertz CT molecular complexity index is 768. The molecule has 1 fully saturated rings. The number of aromatic nitrogens is 1. The molecule has 1 saturated heterocycles. The third-order valence-corrected chi connectivity index (χ3v) is 4.50. The normalized spacial score (nSPS) is 16.1. The first kappa shape index (κ1) is 17.7. The second-order valence-corrected chi connectivity index (χ2v) is 6.56. The highest BCUT2D eigenvalue weighted by atomic mass is 35.5. The molecule has 2 aromatic rings. The minimum Gasteiger partial charge on any atom is -0.440 e. The van der Waals surface area contributed by atoms with Crippen LogP contribution >= 0.6 is 11.6 Å². The average molecular weight is 365 g/mol. The maximum absolute atomic E-state index is 11.8. The lowest BCUT2D eigenvalue weighted by atomic mass is 9.97. The molecule has 0 unspecified atom stereocenters. The molecule has 2 N–H and O–H groups in total. The Morgan fingerprint density at radius 3 is 2.84 bits per heavy atom. The SMILES string of the molecule is CCNC(=O)NC(=O)CN1CCC(c2nc3cc(Cl)ccc3o2)CC1. The third-order valence-electron chi connectivity index (χ3n) is 4.26. The van der Waals surface area contributed by atoms with Crippen molar-refractivity contribution < 1.29 is 14.0 Å². The van der Waals surface area contributed by atoms with Crippen LogP contribution in [0.15, 0.2) is 22.6 Å². The highest BCUT2D eigenvalue weighted by Gasteiger charge is 2.26. The topological polar surface area (TPSA) is 87.5 Å². The van der Waals surface area contributed by atoms with E-state index in [1.807, 2.05) is 11.0 Å². The van der Waals surface area contributed by atoms with Gasteiger partial charge < -0.3 is 9.73 Å². The van der Waals surface area contributed by atoms with Crippen molar-refractivity contribution in [3.8, 4) is 0 Å². The van der Waals surface area contributed by atoms with Crippen molar-refractivity contribution in [2.75, 3.05) is 26.2 Å². The van der Waals surface area contributed by atoms with Crippen LogP contribution in [0.4, 0.5) is 4.79 Å². The van der Waals surface area contributed by atoms with Crippen molar-refractivity contribution in [1.29, 1.82) is 0 Å². The molecule has 8 heteroatoms. The fourth-order valence-corrected chi connectivity index (χ4v) is 3.17. The number of benzene rings is 1. The molecule has 1 aromatic carbocycles. The van der Waals surface area contributed by atoms with Crippen molar-refractivity contribution in [2.45, 2.75) is 25.7 Å². The number of fused-ring (bicyclic) bond motifs is 1. The van der Waals surface area contributed by atoms with Crippen LogP contribution in [0.1, 0.15) is 31.6 Å². The van der Waals surface area contributed by atoms with Gasteiger partial charge in [-0.15, -0.1) is 0 Å². The summed E-state index contributed by atoms with van der Waals surface area (Å²) in [6.45, 7) is 4.02. The standard InChI is InChI=1S/C17H21ClN4O3/c1-2-19-17(24)21-15(23)10-22-7-5-11(6-8-22)16-20-13-9-12(18)3-4-14(13)25-16/h3-4,9,11H,2,5-8,10H2,1H3,(H2,19,21,23,24). The summed E-state index contributed by atoms with van der Waals surface area (Å²) in [5, 5.41) is 5.50. The molecule has 3 amide bonds. The van der Waals surface area contributed by atoms with Crippen LogP contribution in [0.3, 0.4) is 0 Å².